The molecule has 7 nitrogen and oxygen atoms in total. The van der Waals surface area contributed by atoms with Gasteiger partial charge in [-0.2, -0.15) is 13.2 Å². The van der Waals surface area contributed by atoms with E-state index < -0.39 is 52.9 Å². The number of benzene rings is 2. The number of nitrogens with one attached hydrogen (secondary N) is 2. The first kappa shape index (κ1) is 23.9. The third-order valence-corrected chi connectivity index (χ3v) is 5.45. The van der Waals surface area contributed by atoms with Crippen LogP contribution in [0.4, 0.5) is 23.2 Å². The van der Waals surface area contributed by atoms with E-state index in [4.69, 9.17) is 5.73 Å². The number of alkyl halides is 3. The summed E-state index contributed by atoms with van der Waals surface area (Å²) in [5.74, 6) is -2.37. The summed E-state index contributed by atoms with van der Waals surface area (Å²) in [6.45, 7) is -0.164. The molecule has 0 fully saturated rings. The Bertz CT molecular complexity index is 1340. The first-order valence-electron chi connectivity index (χ1n) is 10.4. The number of fused-ring (bicyclic) bond motifs is 1. The van der Waals surface area contributed by atoms with E-state index in [9.17, 15) is 31.9 Å². The lowest BCUT2D eigenvalue weighted by Crippen LogP contribution is -2.32. The Kier molecular flexibility index (Phi) is 6.25. The SMILES string of the molecule is Nc1cc(C(F)(F)F)c(-c2ccc3c(c2)CCNC3=O)nc1C(=O)NCC(=O)c1ccc(F)cc1. The highest BCUT2D eigenvalue weighted by Gasteiger charge is 2.36. The number of carbonyl (C=O) groups excluding carboxylic acids is 3. The molecule has 4 N–H and O–H groups in total. The summed E-state index contributed by atoms with van der Waals surface area (Å²) in [5.41, 5.74) is 4.13. The van der Waals surface area contributed by atoms with Gasteiger partial charge in [0.2, 0.25) is 0 Å². The lowest BCUT2D eigenvalue weighted by Gasteiger charge is -2.19. The topological polar surface area (TPSA) is 114 Å². The Hall–Kier alpha value is -4.28. The molecule has 0 unspecified atom stereocenters. The third kappa shape index (κ3) is 4.98. The minimum absolute atomic E-state index is 0.0576. The lowest BCUT2D eigenvalue weighted by atomic mass is 9.95. The molecule has 0 spiro atoms. The molecule has 2 aromatic carbocycles. The van der Waals surface area contributed by atoms with Crippen LogP contribution < -0.4 is 16.4 Å². The maximum Gasteiger partial charge on any atom is 0.418 e. The molecule has 1 aliphatic rings. The number of hydrogen-bond donors (Lipinski definition) is 3. The van der Waals surface area contributed by atoms with Gasteiger partial charge in [0, 0.05) is 23.2 Å². The van der Waals surface area contributed by atoms with Crippen LogP contribution in [0, 0.1) is 5.82 Å². The zero-order valence-electron chi connectivity index (χ0n) is 18.0. The standard InChI is InChI=1S/C24H18F4N4O3/c25-15-4-1-12(2-5-15)19(33)11-31-23(35)21-18(29)10-17(24(26,27)28)20(32-21)14-3-6-16-13(9-14)7-8-30-22(16)34/h1-6,9-10H,7-8,11,29H2,(H,30,34)(H,31,35). The highest BCUT2D eigenvalue weighted by atomic mass is 19.4. The maximum atomic E-state index is 13.8. The van der Waals surface area contributed by atoms with Crippen molar-refractivity contribution in [1.29, 1.82) is 0 Å². The number of Topliss-reactive ketones (excluding diaryl/α,β-unsaturated/α-hetero) is 1. The van der Waals surface area contributed by atoms with Gasteiger partial charge in [0.25, 0.3) is 11.8 Å². The molecule has 2 heterocycles. The largest absolute Gasteiger partial charge is 0.418 e. The van der Waals surface area contributed by atoms with Crippen LogP contribution in [0.1, 0.15) is 42.3 Å². The molecular weight excluding hydrogens is 468 g/mol. The zero-order chi connectivity index (χ0) is 25.3. The van der Waals surface area contributed by atoms with Gasteiger partial charge < -0.3 is 16.4 Å². The predicted octanol–water partition coefficient (Wildman–Crippen LogP) is 3.39. The smallest absolute Gasteiger partial charge is 0.397 e. The summed E-state index contributed by atoms with van der Waals surface area (Å²) >= 11 is 0. The van der Waals surface area contributed by atoms with Gasteiger partial charge in [-0.05, 0) is 54.4 Å². The second-order valence-corrected chi connectivity index (χ2v) is 7.81. The number of pyridine rings is 1. The summed E-state index contributed by atoms with van der Waals surface area (Å²) in [5, 5.41) is 4.94. The number of aromatic nitrogens is 1. The Morgan fingerprint density at radius 2 is 1.80 bits per heavy atom. The van der Waals surface area contributed by atoms with E-state index in [1.54, 1.807) is 0 Å². The van der Waals surface area contributed by atoms with E-state index in [1.807, 2.05) is 0 Å². The van der Waals surface area contributed by atoms with Gasteiger partial charge in [-0.15, -0.1) is 0 Å². The van der Waals surface area contributed by atoms with Crippen molar-refractivity contribution in [1.82, 2.24) is 15.6 Å². The molecule has 35 heavy (non-hydrogen) atoms. The minimum atomic E-state index is -4.82. The number of nitrogens with zero attached hydrogens (tertiary/aromatic N) is 1. The monoisotopic (exact) mass is 486 g/mol. The van der Waals surface area contributed by atoms with Crippen molar-refractivity contribution < 1.29 is 31.9 Å². The first-order chi connectivity index (χ1) is 16.5. The molecule has 4 rings (SSSR count). The number of nitrogens with two attached hydrogens (primary N) is 1. The van der Waals surface area contributed by atoms with Crippen molar-refractivity contribution >= 4 is 23.3 Å². The van der Waals surface area contributed by atoms with Crippen molar-refractivity contribution in [2.75, 3.05) is 18.8 Å². The van der Waals surface area contributed by atoms with Gasteiger partial charge >= 0.3 is 6.18 Å². The molecule has 1 aliphatic heterocycles. The summed E-state index contributed by atoms with van der Waals surface area (Å²) in [7, 11) is 0. The number of ketones is 1. The number of anilines is 1. The van der Waals surface area contributed by atoms with Crippen LogP contribution in [0.5, 0.6) is 0 Å². The summed E-state index contributed by atoms with van der Waals surface area (Å²) in [4.78, 5) is 40.8. The fraction of sp³-hybridized carbons (Fsp3) is 0.167. The molecule has 1 aromatic heterocycles. The van der Waals surface area contributed by atoms with Gasteiger partial charge in [-0.25, -0.2) is 9.37 Å². The van der Waals surface area contributed by atoms with Crippen molar-refractivity contribution in [2.24, 2.45) is 0 Å². The van der Waals surface area contributed by atoms with Crippen molar-refractivity contribution in [3.63, 3.8) is 0 Å². The average molecular weight is 486 g/mol. The fourth-order valence-corrected chi connectivity index (χ4v) is 3.70. The number of nitrogen functional groups attached to an aromatic ring is 1. The number of carbonyl (C=O) groups is 3. The summed E-state index contributed by atoms with van der Waals surface area (Å²) in [6, 6.07) is 9.41. The Balaban J connectivity index is 1.67. The average Bonchev–Trinajstić information content (AvgIpc) is 2.82. The Morgan fingerprint density at radius 3 is 2.49 bits per heavy atom. The molecule has 11 heteroatoms. The number of halogens is 4. The van der Waals surface area contributed by atoms with Gasteiger partial charge in [0.05, 0.1) is 23.5 Å². The number of amides is 2. The van der Waals surface area contributed by atoms with E-state index in [1.165, 1.54) is 30.3 Å². The molecule has 3 aromatic rings. The Labute approximate surface area is 196 Å². The van der Waals surface area contributed by atoms with Gasteiger partial charge in [-0.1, -0.05) is 6.07 Å². The number of hydrogen-bond acceptors (Lipinski definition) is 5. The van der Waals surface area contributed by atoms with Crippen LogP contribution in [0.15, 0.2) is 48.5 Å². The second kappa shape index (κ2) is 9.16. The van der Waals surface area contributed by atoms with Gasteiger partial charge in [0.1, 0.15) is 5.82 Å². The molecule has 0 bridgehead atoms. The quantitative estimate of drug-likeness (QED) is 0.378. The van der Waals surface area contributed by atoms with E-state index in [0.717, 1.165) is 12.1 Å². The van der Waals surface area contributed by atoms with Crippen molar-refractivity contribution in [2.45, 2.75) is 12.6 Å². The lowest BCUT2D eigenvalue weighted by molar-refractivity contribution is -0.137. The highest BCUT2D eigenvalue weighted by Crippen LogP contribution is 2.38. The summed E-state index contributed by atoms with van der Waals surface area (Å²) in [6.07, 6.45) is -4.40. The maximum absolute atomic E-state index is 13.8. The number of rotatable bonds is 5. The summed E-state index contributed by atoms with van der Waals surface area (Å²) < 4.78 is 54.4. The second-order valence-electron chi connectivity index (χ2n) is 7.81. The molecular formula is C24H18F4N4O3. The zero-order valence-corrected chi connectivity index (χ0v) is 18.0. The predicted molar refractivity (Wildman–Crippen MR) is 118 cm³/mol. The van der Waals surface area contributed by atoms with Gasteiger partial charge in [0.15, 0.2) is 11.5 Å². The van der Waals surface area contributed by atoms with Gasteiger partial charge in [-0.3, -0.25) is 14.4 Å². The molecule has 0 saturated heterocycles. The van der Waals surface area contributed by atoms with E-state index in [2.05, 4.69) is 15.6 Å². The van der Waals surface area contributed by atoms with Crippen LogP contribution in [0.2, 0.25) is 0 Å². The molecule has 180 valence electrons. The van der Waals surface area contributed by atoms with E-state index in [0.29, 0.717) is 30.2 Å². The van der Waals surface area contributed by atoms with E-state index in [-0.39, 0.29) is 17.0 Å². The van der Waals surface area contributed by atoms with E-state index >= 15 is 0 Å². The molecule has 0 saturated carbocycles. The van der Waals surface area contributed by atoms with Crippen LogP contribution in [-0.4, -0.2) is 35.7 Å². The minimum Gasteiger partial charge on any atom is -0.397 e. The highest BCUT2D eigenvalue weighted by molar-refractivity contribution is 6.03. The normalized spacial score (nSPS) is 13.1. The van der Waals surface area contributed by atoms with Crippen molar-refractivity contribution in [3.8, 4) is 11.3 Å². The van der Waals surface area contributed by atoms with Crippen molar-refractivity contribution in [3.05, 3.63) is 82.3 Å². The fourth-order valence-electron chi connectivity index (χ4n) is 3.70. The van der Waals surface area contributed by atoms with Crippen LogP contribution in [0.3, 0.4) is 0 Å². The van der Waals surface area contributed by atoms with Crippen LogP contribution in [0.25, 0.3) is 11.3 Å². The third-order valence-electron chi connectivity index (χ3n) is 5.45. The molecule has 2 amide bonds. The molecule has 0 atom stereocenters. The first-order valence-corrected chi connectivity index (χ1v) is 10.4. The van der Waals surface area contributed by atoms with Crippen LogP contribution >= 0.6 is 0 Å². The molecule has 0 aliphatic carbocycles. The Morgan fingerprint density at radius 1 is 1.09 bits per heavy atom. The van der Waals surface area contributed by atoms with Crippen LogP contribution in [-0.2, 0) is 12.6 Å². The molecule has 0 radical (unpaired) electrons.